The van der Waals surface area contributed by atoms with E-state index in [1.807, 2.05) is 5.32 Å². The summed E-state index contributed by atoms with van der Waals surface area (Å²) in [4.78, 5) is 9.90. The third-order valence-corrected chi connectivity index (χ3v) is 0.842. The molecule has 11 heavy (non-hydrogen) atoms. The minimum atomic E-state index is -2.85. The largest absolute Gasteiger partial charge is 0.465 e. The van der Waals surface area contributed by atoms with Crippen molar-refractivity contribution in [3.63, 3.8) is 0 Å². The first-order valence-electron chi connectivity index (χ1n) is 2.91. The Bertz CT molecular complexity index is 131. The molecule has 0 saturated carbocycles. The van der Waals surface area contributed by atoms with E-state index in [1.165, 1.54) is 6.92 Å². The molecule has 2 N–H and O–H groups in total. The van der Waals surface area contributed by atoms with Crippen LogP contribution in [0.1, 0.15) is 6.92 Å². The van der Waals surface area contributed by atoms with E-state index >= 15 is 0 Å². The average molecular weight is 169 g/mol. The molecule has 0 aromatic heterocycles. The first-order chi connectivity index (χ1) is 5.02. The monoisotopic (exact) mass is 169 g/mol. The fraction of sp³-hybridized carbons (Fsp3) is 0.800. The first kappa shape index (κ1) is 10.1. The second-order valence-corrected chi connectivity index (χ2v) is 1.94. The summed E-state index contributed by atoms with van der Waals surface area (Å²) < 4.78 is 26.5. The molecular formula is C5H9F2NO3. The summed E-state index contributed by atoms with van der Waals surface area (Å²) in [5.74, 6) is 0. The number of carbonyl (C=O) groups is 1. The smallest absolute Gasteiger partial charge is 0.404 e. The van der Waals surface area contributed by atoms with E-state index in [0.717, 1.165) is 0 Å². The van der Waals surface area contributed by atoms with Crippen LogP contribution < -0.4 is 5.32 Å². The van der Waals surface area contributed by atoms with E-state index < -0.39 is 18.7 Å². The molecule has 0 fully saturated rings. The lowest BCUT2D eigenvalue weighted by Crippen LogP contribution is -2.35. The van der Waals surface area contributed by atoms with Crippen molar-refractivity contribution >= 4 is 6.09 Å². The standard InChI is InChI=1S/C5H9F2NO3/c1-3(8-5(9)10)2-11-4(6)7/h3-4,8H,2H2,1H3,(H,9,10)/t3-/m1/s1. The number of alkyl halides is 2. The molecule has 0 heterocycles. The van der Waals surface area contributed by atoms with Gasteiger partial charge in [-0.05, 0) is 6.92 Å². The summed E-state index contributed by atoms with van der Waals surface area (Å²) in [6.07, 6.45) is -1.25. The van der Waals surface area contributed by atoms with Gasteiger partial charge in [0.2, 0.25) is 0 Å². The fourth-order valence-electron chi connectivity index (χ4n) is 0.470. The normalized spacial score (nSPS) is 13.1. The Morgan fingerprint density at radius 1 is 1.73 bits per heavy atom. The van der Waals surface area contributed by atoms with Gasteiger partial charge < -0.3 is 15.2 Å². The molecule has 0 saturated heterocycles. The van der Waals surface area contributed by atoms with Gasteiger partial charge >= 0.3 is 12.7 Å². The number of hydrogen-bond donors (Lipinski definition) is 2. The van der Waals surface area contributed by atoms with Gasteiger partial charge in [0.05, 0.1) is 12.6 Å². The van der Waals surface area contributed by atoms with Crippen molar-refractivity contribution < 1.29 is 23.4 Å². The number of hydrogen-bond acceptors (Lipinski definition) is 2. The topological polar surface area (TPSA) is 58.6 Å². The van der Waals surface area contributed by atoms with Gasteiger partial charge in [0, 0.05) is 0 Å². The third kappa shape index (κ3) is 6.98. The molecule has 0 radical (unpaired) electrons. The molecule has 0 aliphatic heterocycles. The highest BCUT2D eigenvalue weighted by molar-refractivity contribution is 5.64. The minimum Gasteiger partial charge on any atom is -0.465 e. The molecule has 0 aromatic rings. The van der Waals surface area contributed by atoms with Crippen LogP contribution in [0.2, 0.25) is 0 Å². The quantitative estimate of drug-likeness (QED) is 0.656. The lowest BCUT2D eigenvalue weighted by atomic mass is 10.4. The molecule has 6 heteroatoms. The Labute approximate surface area is 62.1 Å². The molecule has 1 atom stereocenters. The van der Waals surface area contributed by atoms with Crippen molar-refractivity contribution in [3.8, 4) is 0 Å². The van der Waals surface area contributed by atoms with Crippen LogP contribution in [-0.4, -0.2) is 30.5 Å². The average Bonchev–Trinajstić information content (AvgIpc) is 1.82. The number of halogens is 2. The van der Waals surface area contributed by atoms with E-state index in [0.29, 0.717) is 0 Å². The van der Waals surface area contributed by atoms with Crippen molar-refractivity contribution in [1.29, 1.82) is 0 Å². The molecular weight excluding hydrogens is 160 g/mol. The number of carboxylic acid groups (broad SMARTS) is 1. The third-order valence-electron chi connectivity index (χ3n) is 0.842. The lowest BCUT2D eigenvalue weighted by molar-refractivity contribution is -0.132. The van der Waals surface area contributed by atoms with Gasteiger partial charge in [0.1, 0.15) is 0 Å². The van der Waals surface area contributed by atoms with Gasteiger partial charge in [-0.2, -0.15) is 8.78 Å². The Hall–Kier alpha value is -0.910. The van der Waals surface area contributed by atoms with Gasteiger partial charge in [-0.3, -0.25) is 0 Å². The molecule has 66 valence electrons. The van der Waals surface area contributed by atoms with E-state index in [4.69, 9.17) is 5.11 Å². The summed E-state index contributed by atoms with van der Waals surface area (Å²) in [5.41, 5.74) is 0. The Morgan fingerprint density at radius 3 is 2.64 bits per heavy atom. The fourth-order valence-corrected chi connectivity index (χ4v) is 0.470. The predicted molar refractivity (Wildman–Crippen MR) is 32.6 cm³/mol. The molecule has 0 aliphatic rings. The van der Waals surface area contributed by atoms with Crippen LogP contribution in [0.4, 0.5) is 13.6 Å². The summed E-state index contributed by atoms with van der Waals surface area (Å²) in [6.45, 7) is -1.76. The molecule has 0 bridgehead atoms. The van der Waals surface area contributed by atoms with Crippen LogP contribution in [0.5, 0.6) is 0 Å². The SMILES string of the molecule is C[C@H](COC(F)F)NC(=O)O. The van der Waals surface area contributed by atoms with Crippen molar-refractivity contribution in [2.24, 2.45) is 0 Å². The maximum Gasteiger partial charge on any atom is 0.404 e. The Balaban J connectivity index is 3.37. The van der Waals surface area contributed by atoms with Crippen molar-refractivity contribution in [3.05, 3.63) is 0 Å². The number of rotatable bonds is 4. The zero-order valence-electron chi connectivity index (χ0n) is 5.88. The van der Waals surface area contributed by atoms with Crippen LogP contribution >= 0.6 is 0 Å². The molecule has 0 rings (SSSR count). The van der Waals surface area contributed by atoms with Crippen molar-refractivity contribution in [2.45, 2.75) is 19.6 Å². The number of ether oxygens (including phenoxy) is 1. The second-order valence-electron chi connectivity index (χ2n) is 1.94. The summed E-state index contributed by atoms with van der Waals surface area (Å²) in [5, 5.41) is 10.1. The van der Waals surface area contributed by atoms with Gasteiger partial charge in [-0.1, -0.05) is 0 Å². The number of amides is 1. The van der Waals surface area contributed by atoms with Crippen molar-refractivity contribution in [2.75, 3.05) is 6.61 Å². The summed E-state index contributed by atoms with van der Waals surface area (Å²) in [6, 6.07) is -0.624. The zero-order valence-corrected chi connectivity index (χ0v) is 5.88. The van der Waals surface area contributed by atoms with Gasteiger partial charge in [-0.25, -0.2) is 4.79 Å². The summed E-state index contributed by atoms with van der Waals surface area (Å²) in [7, 11) is 0. The van der Waals surface area contributed by atoms with Crippen LogP contribution in [0, 0.1) is 0 Å². The maximum atomic E-state index is 11.3. The van der Waals surface area contributed by atoms with E-state index in [-0.39, 0.29) is 6.61 Å². The predicted octanol–water partition coefficient (Wildman–Crippen LogP) is 0.882. The van der Waals surface area contributed by atoms with Crippen LogP contribution in [0.25, 0.3) is 0 Å². The van der Waals surface area contributed by atoms with Gasteiger partial charge in [-0.15, -0.1) is 0 Å². The summed E-state index contributed by atoms with van der Waals surface area (Å²) >= 11 is 0. The highest BCUT2D eigenvalue weighted by Crippen LogP contribution is 1.95. The first-order valence-corrected chi connectivity index (χ1v) is 2.91. The van der Waals surface area contributed by atoms with Gasteiger partial charge in [0.15, 0.2) is 0 Å². The lowest BCUT2D eigenvalue weighted by Gasteiger charge is -2.10. The van der Waals surface area contributed by atoms with E-state index in [9.17, 15) is 13.6 Å². The maximum absolute atomic E-state index is 11.3. The highest BCUT2D eigenvalue weighted by Gasteiger charge is 2.08. The van der Waals surface area contributed by atoms with E-state index in [2.05, 4.69) is 4.74 Å². The molecule has 0 spiro atoms. The van der Waals surface area contributed by atoms with Crippen LogP contribution in [0.15, 0.2) is 0 Å². The zero-order chi connectivity index (χ0) is 8.85. The van der Waals surface area contributed by atoms with Gasteiger partial charge in [0.25, 0.3) is 0 Å². The Morgan fingerprint density at radius 2 is 2.27 bits per heavy atom. The van der Waals surface area contributed by atoms with Crippen LogP contribution in [0.3, 0.4) is 0 Å². The molecule has 1 amide bonds. The minimum absolute atomic E-state index is 0.329. The molecule has 0 aromatic carbocycles. The Kier molecular flexibility index (Phi) is 4.44. The molecule has 4 nitrogen and oxygen atoms in total. The van der Waals surface area contributed by atoms with Crippen molar-refractivity contribution in [1.82, 2.24) is 5.32 Å². The van der Waals surface area contributed by atoms with Crippen LogP contribution in [-0.2, 0) is 4.74 Å². The highest BCUT2D eigenvalue weighted by atomic mass is 19.3. The van der Waals surface area contributed by atoms with E-state index in [1.54, 1.807) is 0 Å². The number of nitrogens with one attached hydrogen (secondary N) is 1. The molecule has 0 aliphatic carbocycles. The second kappa shape index (κ2) is 4.84. The molecule has 0 unspecified atom stereocenters.